The minimum atomic E-state index is -1.01. The van der Waals surface area contributed by atoms with Crippen molar-refractivity contribution in [1.29, 1.82) is 0 Å². The molecular weight excluding hydrogens is 310 g/mol. The van der Waals surface area contributed by atoms with Crippen molar-refractivity contribution in [1.82, 2.24) is 0 Å². The Hall–Kier alpha value is -3.28. The van der Waals surface area contributed by atoms with Gasteiger partial charge in [0.15, 0.2) is 11.5 Å². The second-order valence-corrected chi connectivity index (χ2v) is 4.82. The number of benzene rings is 2. The van der Waals surface area contributed by atoms with Gasteiger partial charge in [-0.3, -0.25) is 4.79 Å². The molecule has 2 aromatic carbocycles. The van der Waals surface area contributed by atoms with Gasteiger partial charge in [-0.15, -0.1) is 0 Å². The number of aromatic carboxylic acids is 1. The Labute approximate surface area is 139 Å². The lowest BCUT2D eigenvalue weighted by molar-refractivity contribution is -0.111. The first-order chi connectivity index (χ1) is 11.5. The SMILES string of the molecule is COc1ccc(C=CC(=O)Nc2ccc(C(=O)O)cc2)cc1OC. The largest absolute Gasteiger partial charge is 0.493 e. The molecule has 0 bridgehead atoms. The first kappa shape index (κ1) is 17.1. The second kappa shape index (κ2) is 7.82. The zero-order valence-corrected chi connectivity index (χ0v) is 13.3. The van der Waals surface area contributed by atoms with Crippen molar-refractivity contribution in [3.63, 3.8) is 0 Å². The molecule has 0 aliphatic heterocycles. The molecule has 1 amide bonds. The molecule has 124 valence electrons. The van der Waals surface area contributed by atoms with Crippen LogP contribution in [0.2, 0.25) is 0 Å². The molecule has 0 atom stereocenters. The maximum Gasteiger partial charge on any atom is 0.335 e. The minimum absolute atomic E-state index is 0.161. The first-order valence-corrected chi connectivity index (χ1v) is 7.08. The number of ether oxygens (including phenoxy) is 2. The van der Waals surface area contributed by atoms with Crippen LogP contribution in [0.4, 0.5) is 5.69 Å². The molecule has 0 saturated heterocycles. The summed E-state index contributed by atoms with van der Waals surface area (Å²) in [5.41, 5.74) is 1.46. The van der Waals surface area contributed by atoms with Crippen molar-refractivity contribution in [3.8, 4) is 11.5 Å². The fourth-order valence-corrected chi connectivity index (χ4v) is 2.01. The van der Waals surface area contributed by atoms with Gasteiger partial charge in [0.05, 0.1) is 19.8 Å². The topological polar surface area (TPSA) is 84.9 Å². The van der Waals surface area contributed by atoms with Crippen molar-refractivity contribution in [3.05, 3.63) is 59.7 Å². The van der Waals surface area contributed by atoms with Crippen LogP contribution in [0, 0.1) is 0 Å². The Morgan fingerprint density at radius 3 is 2.25 bits per heavy atom. The summed E-state index contributed by atoms with van der Waals surface area (Å²) in [6.07, 6.45) is 3.02. The van der Waals surface area contributed by atoms with E-state index in [1.54, 1.807) is 38.5 Å². The molecule has 0 radical (unpaired) electrons. The molecule has 2 rings (SSSR count). The van der Waals surface area contributed by atoms with Gasteiger partial charge in [0.1, 0.15) is 0 Å². The summed E-state index contributed by atoms with van der Waals surface area (Å²) in [4.78, 5) is 22.7. The van der Waals surface area contributed by atoms with Crippen LogP contribution >= 0.6 is 0 Å². The number of amides is 1. The average Bonchev–Trinajstić information content (AvgIpc) is 2.60. The van der Waals surface area contributed by atoms with E-state index in [9.17, 15) is 9.59 Å². The standard InChI is InChI=1S/C18H17NO5/c1-23-15-9-3-12(11-16(15)24-2)4-10-17(20)19-14-7-5-13(6-8-14)18(21)22/h3-11H,1-2H3,(H,19,20)(H,21,22). The third kappa shape index (κ3) is 4.36. The monoisotopic (exact) mass is 327 g/mol. The smallest absolute Gasteiger partial charge is 0.335 e. The van der Waals surface area contributed by atoms with E-state index in [1.807, 2.05) is 0 Å². The molecule has 0 spiro atoms. The molecule has 2 N–H and O–H groups in total. The molecule has 0 aliphatic carbocycles. The predicted octanol–water partition coefficient (Wildman–Crippen LogP) is 3.05. The number of nitrogens with one attached hydrogen (secondary N) is 1. The summed E-state index contributed by atoms with van der Waals surface area (Å²) in [6.45, 7) is 0. The summed E-state index contributed by atoms with van der Waals surface area (Å²) in [6, 6.07) is 11.2. The number of carboxylic acid groups (broad SMARTS) is 1. The van der Waals surface area contributed by atoms with Crippen LogP contribution in [0.5, 0.6) is 11.5 Å². The van der Waals surface area contributed by atoms with Crippen LogP contribution in [0.1, 0.15) is 15.9 Å². The van der Waals surface area contributed by atoms with E-state index in [0.717, 1.165) is 5.56 Å². The van der Waals surface area contributed by atoms with E-state index in [2.05, 4.69) is 5.32 Å². The van der Waals surface area contributed by atoms with E-state index in [0.29, 0.717) is 17.2 Å². The minimum Gasteiger partial charge on any atom is -0.493 e. The van der Waals surface area contributed by atoms with Crippen molar-refractivity contribution >= 4 is 23.6 Å². The summed E-state index contributed by atoms with van der Waals surface area (Å²) in [5, 5.41) is 11.5. The Bertz CT molecular complexity index is 765. The van der Waals surface area contributed by atoms with E-state index in [1.165, 1.54) is 30.3 Å². The number of methoxy groups -OCH3 is 2. The molecule has 0 saturated carbocycles. The molecule has 0 heterocycles. The Kier molecular flexibility index (Phi) is 5.57. The third-order valence-electron chi connectivity index (χ3n) is 3.23. The quantitative estimate of drug-likeness (QED) is 0.797. The molecule has 2 aromatic rings. The summed E-state index contributed by atoms with van der Waals surface area (Å²) in [5.74, 6) is -0.156. The fraction of sp³-hybridized carbons (Fsp3) is 0.111. The van der Waals surface area contributed by atoms with Gasteiger partial charge >= 0.3 is 5.97 Å². The molecular formula is C18H17NO5. The van der Waals surface area contributed by atoms with Crippen molar-refractivity contribution in [2.24, 2.45) is 0 Å². The van der Waals surface area contributed by atoms with Gasteiger partial charge in [0, 0.05) is 11.8 Å². The highest BCUT2D eigenvalue weighted by atomic mass is 16.5. The molecule has 0 unspecified atom stereocenters. The van der Waals surface area contributed by atoms with E-state index in [4.69, 9.17) is 14.6 Å². The summed E-state index contributed by atoms with van der Waals surface area (Å²) >= 11 is 0. The van der Waals surface area contributed by atoms with Gasteiger partial charge in [-0.2, -0.15) is 0 Å². The van der Waals surface area contributed by atoms with E-state index >= 15 is 0 Å². The van der Waals surface area contributed by atoms with Gasteiger partial charge < -0.3 is 19.9 Å². The normalized spacial score (nSPS) is 10.4. The second-order valence-electron chi connectivity index (χ2n) is 4.82. The van der Waals surface area contributed by atoms with Crippen LogP contribution in [-0.2, 0) is 4.79 Å². The number of rotatable bonds is 6. The molecule has 6 heteroatoms. The van der Waals surface area contributed by atoms with E-state index in [-0.39, 0.29) is 11.5 Å². The Morgan fingerprint density at radius 1 is 1.00 bits per heavy atom. The van der Waals surface area contributed by atoms with Crippen LogP contribution in [-0.4, -0.2) is 31.2 Å². The predicted molar refractivity (Wildman–Crippen MR) is 90.6 cm³/mol. The van der Waals surface area contributed by atoms with Crippen molar-refractivity contribution in [2.75, 3.05) is 19.5 Å². The number of carboxylic acids is 1. The maximum atomic E-state index is 11.9. The fourth-order valence-electron chi connectivity index (χ4n) is 2.01. The third-order valence-corrected chi connectivity index (χ3v) is 3.23. The van der Waals surface area contributed by atoms with Crippen LogP contribution in [0.25, 0.3) is 6.08 Å². The average molecular weight is 327 g/mol. The number of carbonyl (C=O) groups is 2. The van der Waals surface area contributed by atoms with Crippen LogP contribution in [0.15, 0.2) is 48.5 Å². The van der Waals surface area contributed by atoms with Gasteiger partial charge in [-0.05, 0) is 48.0 Å². The highest BCUT2D eigenvalue weighted by Crippen LogP contribution is 2.27. The zero-order chi connectivity index (χ0) is 17.5. The number of carbonyl (C=O) groups excluding carboxylic acids is 1. The number of hydrogen-bond donors (Lipinski definition) is 2. The van der Waals surface area contributed by atoms with Gasteiger partial charge in [-0.25, -0.2) is 4.79 Å². The lowest BCUT2D eigenvalue weighted by atomic mass is 10.2. The molecule has 24 heavy (non-hydrogen) atoms. The van der Waals surface area contributed by atoms with Crippen molar-refractivity contribution in [2.45, 2.75) is 0 Å². The number of anilines is 1. The zero-order valence-electron chi connectivity index (χ0n) is 13.3. The highest BCUT2D eigenvalue weighted by molar-refractivity contribution is 6.02. The highest BCUT2D eigenvalue weighted by Gasteiger charge is 2.04. The lowest BCUT2D eigenvalue weighted by Gasteiger charge is -2.07. The van der Waals surface area contributed by atoms with E-state index < -0.39 is 5.97 Å². The Balaban J connectivity index is 2.03. The molecule has 0 aromatic heterocycles. The molecule has 6 nitrogen and oxygen atoms in total. The van der Waals surface area contributed by atoms with Gasteiger partial charge in [0.25, 0.3) is 0 Å². The molecule has 0 aliphatic rings. The van der Waals surface area contributed by atoms with Gasteiger partial charge in [0.2, 0.25) is 5.91 Å². The Morgan fingerprint density at radius 2 is 1.67 bits per heavy atom. The van der Waals surface area contributed by atoms with Crippen LogP contribution in [0.3, 0.4) is 0 Å². The summed E-state index contributed by atoms with van der Waals surface area (Å²) < 4.78 is 10.4. The van der Waals surface area contributed by atoms with Crippen molar-refractivity contribution < 1.29 is 24.2 Å². The molecule has 0 fully saturated rings. The van der Waals surface area contributed by atoms with Gasteiger partial charge in [-0.1, -0.05) is 6.07 Å². The van der Waals surface area contributed by atoms with Crippen LogP contribution < -0.4 is 14.8 Å². The summed E-state index contributed by atoms with van der Waals surface area (Å²) in [7, 11) is 3.09. The lowest BCUT2D eigenvalue weighted by Crippen LogP contribution is -2.08. The first-order valence-electron chi connectivity index (χ1n) is 7.08. The maximum absolute atomic E-state index is 11.9. The number of hydrogen-bond acceptors (Lipinski definition) is 4.